The van der Waals surface area contributed by atoms with Gasteiger partial charge in [0, 0.05) is 25.3 Å². The van der Waals surface area contributed by atoms with Crippen molar-refractivity contribution in [3.05, 3.63) is 29.3 Å². The number of benzene rings is 1. The van der Waals surface area contributed by atoms with E-state index in [9.17, 15) is 0 Å². The summed E-state index contributed by atoms with van der Waals surface area (Å²) in [5.74, 6) is 1.70. The highest BCUT2D eigenvalue weighted by atomic mass is 16.5. The van der Waals surface area contributed by atoms with Gasteiger partial charge in [0.15, 0.2) is 0 Å². The summed E-state index contributed by atoms with van der Waals surface area (Å²) in [6.07, 6.45) is 2.24. The number of ether oxygens (including phenoxy) is 2. The molecule has 0 spiro atoms. The fourth-order valence-electron chi connectivity index (χ4n) is 2.43. The van der Waals surface area contributed by atoms with Gasteiger partial charge in [-0.15, -0.1) is 0 Å². The van der Waals surface area contributed by atoms with Gasteiger partial charge in [-0.05, 0) is 37.8 Å². The molecule has 0 unspecified atom stereocenters. The Morgan fingerprint density at radius 2 is 2.11 bits per heavy atom. The van der Waals surface area contributed by atoms with Crippen LogP contribution in [0.1, 0.15) is 30.9 Å². The molecule has 1 aromatic carbocycles. The molecule has 1 fully saturated rings. The van der Waals surface area contributed by atoms with Gasteiger partial charge >= 0.3 is 0 Å². The van der Waals surface area contributed by atoms with Crippen LogP contribution in [-0.4, -0.2) is 26.4 Å². The van der Waals surface area contributed by atoms with Crippen molar-refractivity contribution in [2.75, 3.05) is 26.4 Å². The summed E-state index contributed by atoms with van der Waals surface area (Å²) in [5.41, 5.74) is 2.48. The van der Waals surface area contributed by atoms with Gasteiger partial charge in [-0.1, -0.05) is 25.1 Å². The van der Waals surface area contributed by atoms with Crippen LogP contribution in [0, 0.1) is 12.8 Å². The number of rotatable bonds is 6. The average Bonchev–Trinajstić information content (AvgIpc) is 2.45. The van der Waals surface area contributed by atoms with Crippen LogP contribution in [0.3, 0.4) is 0 Å². The van der Waals surface area contributed by atoms with Gasteiger partial charge in [0.05, 0.1) is 6.61 Å². The Balaban J connectivity index is 1.96. The molecule has 106 valence electrons. The molecule has 0 bridgehead atoms. The first-order chi connectivity index (χ1) is 9.31. The van der Waals surface area contributed by atoms with Gasteiger partial charge in [-0.25, -0.2) is 0 Å². The van der Waals surface area contributed by atoms with Gasteiger partial charge in [-0.2, -0.15) is 0 Å². The van der Waals surface area contributed by atoms with E-state index in [0.29, 0.717) is 5.92 Å². The predicted octanol–water partition coefficient (Wildman–Crippen LogP) is 2.91. The summed E-state index contributed by atoms with van der Waals surface area (Å²) in [4.78, 5) is 0. The Morgan fingerprint density at radius 3 is 2.84 bits per heavy atom. The van der Waals surface area contributed by atoms with Crippen molar-refractivity contribution < 1.29 is 9.47 Å². The molecule has 1 aliphatic rings. The van der Waals surface area contributed by atoms with E-state index < -0.39 is 0 Å². The van der Waals surface area contributed by atoms with Gasteiger partial charge in [-0.3, -0.25) is 0 Å². The Hall–Kier alpha value is -1.06. The summed E-state index contributed by atoms with van der Waals surface area (Å²) in [5, 5.41) is 3.37. The van der Waals surface area contributed by atoms with Crippen LogP contribution in [0.4, 0.5) is 0 Å². The number of aryl methyl sites for hydroxylation is 1. The summed E-state index contributed by atoms with van der Waals surface area (Å²) >= 11 is 0. The van der Waals surface area contributed by atoms with E-state index in [1.54, 1.807) is 0 Å². The first-order valence-corrected chi connectivity index (χ1v) is 7.31. The third-order valence-electron chi connectivity index (χ3n) is 3.66. The number of para-hydroxylation sites is 1. The lowest BCUT2D eigenvalue weighted by Gasteiger charge is -2.23. The topological polar surface area (TPSA) is 30.5 Å². The Labute approximate surface area is 116 Å². The van der Waals surface area contributed by atoms with Crippen LogP contribution in [0.2, 0.25) is 0 Å². The smallest absolute Gasteiger partial charge is 0.126 e. The van der Waals surface area contributed by atoms with E-state index in [0.717, 1.165) is 51.5 Å². The van der Waals surface area contributed by atoms with Crippen LogP contribution < -0.4 is 10.1 Å². The van der Waals surface area contributed by atoms with Gasteiger partial charge in [0.25, 0.3) is 0 Å². The minimum absolute atomic E-state index is 0.639. The van der Waals surface area contributed by atoms with Crippen molar-refractivity contribution in [3.63, 3.8) is 0 Å². The lowest BCUT2D eigenvalue weighted by Crippen LogP contribution is -2.22. The summed E-state index contributed by atoms with van der Waals surface area (Å²) in [6, 6.07) is 6.37. The Kier molecular flexibility index (Phi) is 5.67. The van der Waals surface area contributed by atoms with Crippen molar-refractivity contribution >= 4 is 0 Å². The van der Waals surface area contributed by atoms with Crippen LogP contribution >= 0.6 is 0 Å². The quantitative estimate of drug-likeness (QED) is 0.856. The van der Waals surface area contributed by atoms with Crippen molar-refractivity contribution in [3.8, 4) is 5.75 Å². The first-order valence-electron chi connectivity index (χ1n) is 7.31. The fraction of sp³-hybridized carbons (Fsp3) is 0.625. The monoisotopic (exact) mass is 263 g/mol. The van der Waals surface area contributed by atoms with Crippen LogP contribution in [-0.2, 0) is 11.3 Å². The maximum Gasteiger partial charge on any atom is 0.126 e. The molecule has 1 aromatic rings. The molecular weight excluding hydrogens is 238 g/mol. The summed E-state index contributed by atoms with van der Waals surface area (Å²) in [7, 11) is 0. The third-order valence-corrected chi connectivity index (χ3v) is 3.66. The lowest BCUT2D eigenvalue weighted by atomic mass is 10.0. The first kappa shape index (κ1) is 14.4. The largest absolute Gasteiger partial charge is 0.493 e. The molecule has 0 aliphatic carbocycles. The molecule has 1 saturated heterocycles. The Morgan fingerprint density at radius 1 is 1.32 bits per heavy atom. The number of hydrogen-bond acceptors (Lipinski definition) is 3. The molecule has 3 heteroatoms. The average molecular weight is 263 g/mol. The van der Waals surface area contributed by atoms with E-state index in [1.165, 1.54) is 11.1 Å². The van der Waals surface area contributed by atoms with Gasteiger partial charge in [0.2, 0.25) is 0 Å². The fourth-order valence-corrected chi connectivity index (χ4v) is 2.43. The zero-order valence-electron chi connectivity index (χ0n) is 12.1. The summed E-state index contributed by atoms with van der Waals surface area (Å²) < 4.78 is 11.5. The van der Waals surface area contributed by atoms with Crippen molar-refractivity contribution in [1.82, 2.24) is 5.32 Å². The molecule has 0 amide bonds. The zero-order valence-corrected chi connectivity index (χ0v) is 12.1. The van der Waals surface area contributed by atoms with Gasteiger partial charge in [0.1, 0.15) is 5.75 Å². The third kappa shape index (κ3) is 4.22. The predicted molar refractivity (Wildman–Crippen MR) is 77.6 cm³/mol. The molecule has 1 heterocycles. The highest BCUT2D eigenvalue weighted by molar-refractivity contribution is 5.40. The normalized spacial score (nSPS) is 16.5. The summed E-state index contributed by atoms with van der Waals surface area (Å²) in [6.45, 7) is 8.67. The molecule has 0 atom stereocenters. The van der Waals surface area contributed by atoms with Crippen molar-refractivity contribution in [2.45, 2.75) is 33.2 Å². The maximum absolute atomic E-state index is 6.11. The van der Waals surface area contributed by atoms with E-state index in [2.05, 4.69) is 37.4 Å². The molecule has 0 saturated carbocycles. The van der Waals surface area contributed by atoms with Crippen LogP contribution in [0.15, 0.2) is 18.2 Å². The molecule has 1 N–H and O–H groups in total. The van der Waals surface area contributed by atoms with E-state index in [1.807, 2.05) is 0 Å². The number of hydrogen-bond donors (Lipinski definition) is 1. The van der Waals surface area contributed by atoms with E-state index >= 15 is 0 Å². The van der Waals surface area contributed by atoms with E-state index in [4.69, 9.17) is 9.47 Å². The van der Waals surface area contributed by atoms with Crippen LogP contribution in [0.25, 0.3) is 0 Å². The second-order valence-electron chi connectivity index (χ2n) is 5.21. The molecule has 2 rings (SSSR count). The molecule has 1 aliphatic heterocycles. The van der Waals surface area contributed by atoms with Crippen molar-refractivity contribution in [1.29, 1.82) is 0 Å². The van der Waals surface area contributed by atoms with Crippen LogP contribution in [0.5, 0.6) is 5.75 Å². The molecule has 19 heavy (non-hydrogen) atoms. The standard InChI is InChI=1S/C16H25NO2/c1-3-17-11-15-6-4-5-13(2)16(15)19-12-14-7-9-18-10-8-14/h4-6,14,17H,3,7-12H2,1-2H3. The highest BCUT2D eigenvalue weighted by Crippen LogP contribution is 2.25. The lowest BCUT2D eigenvalue weighted by molar-refractivity contribution is 0.0495. The number of nitrogens with one attached hydrogen (secondary N) is 1. The zero-order chi connectivity index (χ0) is 13.5. The van der Waals surface area contributed by atoms with Crippen molar-refractivity contribution in [2.24, 2.45) is 5.92 Å². The molecule has 0 radical (unpaired) electrons. The van der Waals surface area contributed by atoms with Gasteiger partial charge < -0.3 is 14.8 Å². The molecular formula is C16H25NO2. The highest BCUT2D eigenvalue weighted by Gasteiger charge is 2.15. The second-order valence-corrected chi connectivity index (χ2v) is 5.21. The second kappa shape index (κ2) is 7.51. The molecule has 3 nitrogen and oxygen atoms in total. The minimum Gasteiger partial charge on any atom is -0.493 e. The minimum atomic E-state index is 0.639. The SMILES string of the molecule is CCNCc1cccc(C)c1OCC1CCOCC1. The Bertz CT molecular complexity index is 386. The maximum atomic E-state index is 6.11. The van der Waals surface area contributed by atoms with E-state index in [-0.39, 0.29) is 0 Å². The molecule has 0 aromatic heterocycles.